The third-order valence-corrected chi connectivity index (χ3v) is 3.28. The number of benzene rings is 1. The van der Waals surface area contributed by atoms with Crippen LogP contribution in [-0.4, -0.2) is 37.2 Å². The molecule has 0 aliphatic rings. The highest BCUT2D eigenvalue weighted by Gasteiger charge is 2.17. The fourth-order valence-corrected chi connectivity index (χ4v) is 2.11. The minimum Gasteiger partial charge on any atom is -0.496 e. The lowest BCUT2D eigenvalue weighted by Gasteiger charge is -2.11. The van der Waals surface area contributed by atoms with Gasteiger partial charge in [-0.3, -0.25) is 4.79 Å². The molecule has 0 radical (unpaired) electrons. The zero-order valence-electron chi connectivity index (χ0n) is 10.9. The topological polar surface area (TPSA) is 58.6 Å². The molecule has 1 atom stereocenters. The lowest BCUT2D eigenvalue weighted by molar-refractivity contribution is -0.122. The number of hydrogen-bond acceptors (Lipinski definition) is 3. The van der Waals surface area contributed by atoms with Crippen LogP contribution in [0.25, 0.3) is 0 Å². The average Bonchev–Trinajstić information content (AvgIpc) is 2.42. The van der Waals surface area contributed by atoms with Gasteiger partial charge in [0, 0.05) is 13.0 Å². The molecule has 7 heteroatoms. The minimum absolute atomic E-state index is 0.161. The fourth-order valence-electron chi connectivity index (χ4n) is 1.52. The van der Waals surface area contributed by atoms with Gasteiger partial charge in [0.1, 0.15) is 11.9 Å². The van der Waals surface area contributed by atoms with Crippen LogP contribution in [0.5, 0.6) is 5.75 Å². The van der Waals surface area contributed by atoms with Crippen LogP contribution in [0.2, 0.25) is 0 Å². The lowest BCUT2D eigenvalue weighted by atomic mass is 10.1. The zero-order chi connectivity index (χ0) is 15.1. The van der Waals surface area contributed by atoms with Gasteiger partial charge < -0.3 is 15.2 Å². The molecule has 1 rings (SSSR count). The predicted octanol–water partition coefficient (Wildman–Crippen LogP) is 2.13. The molecule has 0 spiro atoms. The van der Waals surface area contributed by atoms with E-state index < -0.39 is 19.1 Å². The van der Waals surface area contributed by atoms with Gasteiger partial charge in [0.05, 0.1) is 11.6 Å². The third kappa shape index (κ3) is 5.42. The molecular weight excluding hydrogens is 336 g/mol. The van der Waals surface area contributed by atoms with Crippen molar-refractivity contribution in [3.05, 3.63) is 28.2 Å². The molecular formula is C13H16BrF2NO3. The highest BCUT2D eigenvalue weighted by Crippen LogP contribution is 2.25. The quantitative estimate of drug-likeness (QED) is 0.791. The summed E-state index contributed by atoms with van der Waals surface area (Å²) < 4.78 is 29.9. The Morgan fingerprint density at radius 3 is 2.75 bits per heavy atom. The van der Waals surface area contributed by atoms with Crippen molar-refractivity contribution in [2.24, 2.45) is 0 Å². The van der Waals surface area contributed by atoms with Crippen molar-refractivity contribution >= 4 is 21.8 Å². The van der Waals surface area contributed by atoms with Crippen molar-refractivity contribution in [2.75, 3.05) is 13.7 Å². The monoisotopic (exact) mass is 351 g/mol. The second-order valence-electron chi connectivity index (χ2n) is 4.17. The number of amides is 1. The van der Waals surface area contributed by atoms with Crippen molar-refractivity contribution in [3.8, 4) is 5.75 Å². The lowest BCUT2D eigenvalue weighted by Crippen LogP contribution is -2.35. The predicted molar refractivity (Wildman–Crippen MR) is 74.0 cm³/mol. The number of aliphatic hydroxyl groups excluding tert-OH is 1. The van der Waals surface area contributed by atoms with Gasteiger partial charge in [0.15, 0.2) is 0 Å². The van der Waals surface area contributed by atoms with Crippen LogP contribution in [0.3, 0.4) is 0 Å². The molecule has 1 aromatic rings. The smallest absolute Gasteiger partial charge is 0.265 e. The van der Waals surface area contributed by atoms with E-state index in [1.807, 2.05) is 12.1 Å². The van der Waals surface area contributed by atoms with E-state index in [1.54, 1.807) is 13.2 Å². The summed E-state index contributed by atoms with van der Waals surface area (Å²) in [6.45, 7) is -0.442. The first-order valence-electron chi connectivity index (χ1n) is 5.99. The molecule has 0 aliphatic heterocycles. The van der Waals surface area contributed by atoms with E-state index in [4.69, 9.17) is 9.84 Å². The Balaban J connectivity index is 2.39. The van der Waals surface area contributed by atoms with Gasteiger partial charge >= 0.3 is 0 Å². The number of hydrogen-bond donors (Lipinski definition) is 2. The summed E-state index contributed by atoms with van der Waals surface area (Å²) >= 11 is 3.34. The molecule has 0 saturated carbocycles. The molecule has 1 amide bonds. The first kappa shape index (κ1) is 16.8. The van der Waals surface area contributed by atoms with E-state index >= 15 is 0 Å². The molecule has 112 valence electrons. The summed E-state index contributed by atoms with van der Waals surface area (Å²) in [5.41, 5.74) is 0.919. The van der Waals surface area contributed by atoms with Crippen LogP contribution >= 0.6 is 15.9 Å². The number of ether oxygens (including phenoxy) is 1. The molecule has 1 aromatic carbocycles. The second kappa shape index (κ2) is 8.16. The van der Waals surface area contributed by atoms with Crippen molar-refractivity contribution in [3.63, 3.8) is 0 Å². The number of alkyl halides is 2. The van der Waals surface area contributed by atoms with E-state index in [9.17, 15) is 13.6 Å². The minimum atomic E-state index is -2.85. The van der Waals surface area contributed by atoms with Crippen molar-refractivity contribution in [1.29, 1.82) is 0 Å². The Labute approximate surface area is 124 Å². The maximum atomic E-state index is 12.0. The number of aliphatic hydroxyl groups is 1. The molecule has 0 aliphatic carbocycles. The van der Waals surface area contributed by atoms with Gasteiger partial charge in [0.2, 0.25) is 5.91 Å². The van der Waals surface area contributed by atoms with Gasteiger partial charge in [0.25, 0.3) is 6.43 Å². The van der Waals surface area contributed by atoms with Crippen molar-refractivity contribution in [2.45, 2.75) is 25.4 Å². The first-order chi connectivity index (χ1) is 9.43. The number of carbonyl (C=O) groups is 1. The maximum Gasteiger partial charge on any atom is 0.265 e. The van der Waals surface area contributed by atoms with Gasteiger partial charge in [-0.25, -0.2) is 8.78 Å². The molecule has 2 N–H and O–H groups in total. The van der Waals surface area contributed by atoms with Gasteiger partial charge in [-0.2, -0.15) is 0 Å². The molecule has 0 bridgehead atoms. The van der Waals surface area contributed by atoms with E-state index in [1.165, 1.54) is 0 Å². The molecule has 0 fully saturated rings. The van der Waals surface area contributed by atoms with E-state index in [0.717, 1.165) is 10.0 Å². The molecule has 0 heterocycles. The van der Waals surface area contributed by atoms with Gasteiger partial charge in [-0.15, -0.1) is 0 Å². The zero-order valence-corrected chi connectivity index (χ0v) is 12.5. The summed E-state index contributed by atoms with van der Waals surface area (Å²) in [4.78, 5) is 11.4. The molecule has 20 heavy (non-hydrogen) atoms. The number of halogens is 3. The van der Waals surface area contributed by atoms with Crippen molar-refractivity contribution in [1.82, 2.24) is 5.32 Å². The summed E-state index contributed by atoms with van der Waals surface area (Å²) in [5.74, 6) is 0.315. The fraction of sp³-hybridized carbons (Fsp3) is 0.462. The Hall–Kier alpha value is -1.21. The van der Waals surface area contributed by atoms with Crippen LogP contribution < -0.4 is 10.1 Å². The highest BCUT2D eigenvalue weighted by molar-refractivity contribution is 9.10. The van der Waals surface area contributed by atoms with Crippen molar-refractivity contribution < 1.29 is 23.4 Å². The number of nitrogens with one attached hydrogen (secondary N) is 1. The van der Waals surface area contributed by atoms with Crippen LogP contribution in [0.1, 0.15) is 12.0 Å². The van der Waals surface area contributed by atoms with Gasteiger partial charge in [-0.05, 0) is 40.0 Å². The Morgan fingerprint density at radius 2 is 2.20 bits per heavy atom. The van der Waals surface area contributed by atoms with Crippen LogP contribution in [0.4, 0.5) is 8.78 Å². The summed E-state index contributed by atoms with van der Waals surface area (Å²) in [7, 11) is 1.56. The Bertz CT molecular complexity index is 457. The molecule has 1 unspecified atom stereocenters. The van der Waals surface area contributed by atoms with Crippen LogP contribution in [0, 0.1) is 0 Å². The number of rotatable bonds is 7. The Morgan fingerprint density at radius 1 is 1.50 bits per heavy atom. The molecule has 0 saturated heterocycles. The summed E-state index contributed by atoms with van der Waals surface area (Å²) in [5, 5.41) is 11.1. The van der Waals surface area contributed by atoms with Crippen LogP contribution in [0.15, 0.2) is 22.7 Å². The maximum absolute atomic E-state index is 12.0. The van der Waals surface area contributed by atoms with Crippen LogP contribution in [-0.2, 0) is 11.2 Å². The number of methoxy groups -OCH3 is 1. The Kier molecular flexibility index (Phi) is 6.87. The second-order valence-corrected chi connectivity index (χ2v) is 5.03. The van der Waals surface area contributed by atoms with Gasteiger partial charge in [-0.1, -0.05) is 6.07 Å². The van der Waals surface area contributed by atoms with E-state index in [2.05, 4.69) is 21.2 Å². The SMILES string of the molecule is COc1ccc(CCC(=O)NCC(O)C(F)F)cc1Br. The van der Waals surface area contributed by atoms with E-state index in [-0.39, 0.29) is 12.3 Å². The number of aryl methyl sites for hydroxylation is 1. The number of carbonyl (C=O) groups excluding carboxylic acids is 1. The normalized spacial score (nSPS) is 12.3. The van der Waals surface area contributed by atoms with E-state index in [0.29, 0.717) is 12.2 Å². The average molecular weight is 352 g/mol. The summed E-state index contributed by atoms with van der Waals surface area (Å²) in [6, 6.07) is 5.43. The molecule has 4 nitrogen and oxygen atoms in total. The first-order valence-corrected chi connectivity index (χ1v) is 6.78. The standard InChI is InChI=1S/C13H16BrF2NO3/c1-20-11-4-2-8(6-9(11)14)3-5-12(19)17-7-10(18)13(15)16/h2,4,6,10,13,18H,3,5,7H2,1H3,(H,17,19). The third-order valence-electron chi connectivity index (χ3n) is 2.66. The highest BCUT2D eigenvalue weighted by atomic mass is 79.9. The molecule has 0 aromatic heterocycles. The summed E-state index contributed by atoms with van der Waals surface area (Å²) in [6.07, 6.45) is -4.05. The largest absolute Gasteiger partial charge is 0.496 e.